The first-order chi connectivity index (χ1) is 12.9. The van der Waals surface area contributed by atoms with Gasteiger partial charge in [-0.15, -0.1) is 87.8 Å². The quantitative estimate of drug-likeness (QED) is 0.276. The van der Waals surface area contributed by atoms with Gasteiger partial charge in [-0.3, -0.25) is 0 Å². The van der Waals surface area contributed by atoms with E-state index in [1.54, 1.807) is 30.3 Å². The summed E-state index contributed by atoms with van der Waals surface area (Å²) in [5, 5.41) is 14.3. The monoisotopic (exact) mass is 486 g/mol. The number of fused-ring (bicyclic) bond motifs is 2. The number of aryl methyl sites for hydroxylation is 2. The SMILES string of the molecule is CC[O-].C[Si](C)=[Zr+2].Cc1cc2ccccc2[cH-]1.Cc1cc2ccccc2[cH-]1.[Cl-]. The van der Waals surface area contributed by atoms with Gasteiger partial charge in [0.1, 0.15) is 0 Å². The van der Waals surface area contributed by atoms with E-state index in [0.29, 0.717) is 0 Å². The maximum atomic E-state index is 8.93. The second-order valence-electron chi connectivity index (χ2n) is 6.61. The Hall–Kier alpha value is -0.990. The van der Waals surface area contributed by atoms with Gasteiger partial charge in [0, 0.05) is 0 Å². The number of hydrogen-bond acceptors (Lipinski definition) is 1. The number of rotatable bonds is 0. The van der Waals surface area contributed by atoms with Crippen molar-refractivity contribution in [1.82, 2.24) is 0 Å². The zero-order chi connectivity index (χ0) is 20.2. The van der Waals surface area contributed by atoms with E-state index in [1.807, 2.05) is 0 Å². The molecule has 148 valence electrons. The zero-order valence-corrected chi connectivity index (χ0v) is 21.6. The van der Waals surface area contributed by atoms with E-state index in [1.165, 1.54) is 32.7 Å². The molecule has 4 aromatic rings. The molecule has 0 saturated carbocycles. The van der Waals surface area contributed by atoms with E-state index in [-0.39, 0.29) is 24.4 Å². The van der Waals surface area contributed by atoms with Crippen LogP contribution in [0.4, 0.5) is 0 Å². The minimum absolute atomic E-state index is 0. The van der Waals surface area contributed by atoms with E-state index < -0.39 is 0 Å². The van der Waals surface area contributed by atoms with Crippen molar-refractivity contribution in [3.63, 3.8) is 0 Å². The Kier molecular flexibility index (Phi) is 14.4. The van der Waals surface area contributed by atoms with Gasteiger partial charge in [0.25, 0.3) is 0 Å². The molecule has 0 N–H and O–H groups in total. The number of benzene rings is 2. The van der Waals surface area contributed by atoms with Gasteiger partial charge in [-0.05, 0) is 0 Å². The van der Waals surface area contributed by atoms with Crippen LogP contribution in [-0.4, -0.2) is 12.0 Å². The maximum absolute atomic E-state index is 8.93. The Morgan fingerprint density at radius 2 is 1.11 bits per heavy atom. The molecule has 0 saturated heterocycles. The summed E-state index contributed by atoms with van der Waals surface area (Å²) in [4.78, 5) is 0. The van der Waals surface area contributed by atoms with Crippen molar-refractivity contribution >= 4 is 27.0 Å². The topological polar surface area (TPSA) is 23.1 Å². The van der Waals surface area contributed by atoms with Crippen LogP contribution in [0, 0.1) is 13.8 Å². The fourth-order valence-corrected chi connectivity index (χ4v) is 2.61. The normalized spacial score (nSPS) is 9.14. The first kappa shape index (κ1) is 27.0. The van der Waals surface area contributed by atoms with Gasteiger partial charge in [-0.1, -0.05) is 32.9 Å². The van der Waals surface area contributed by atoms with Gasteiger partial charge < -0.3 is 17.5 Å². The third-order valence-electron chi connectivity index (χ3n) is 3.52. The third kappa shape index (κ3) is 10.5. The van der Waals surface area contributed by atoms with Gasteiger partial charge in [-0.25, -0.2) is 0 Å². The van der Waals surface area contributed by atoms with Crippen LogP contribution >= 0.6 is 0 Å². The third-order valence-corrected chi connectivity index (χ3v) is 3.52. The average molecular weight is 488 g/mol. The molecule has 1 nitrogen and oxygen atoms in total. The molecule has 0 aliphatic carbocycles. The van der Waals surface area contributed by atoms with Crippen molar-refractivity contribution in [2.75, 3.05) is 6.61 Å². The van der Waals surface area contributed by atoms with Gasteiger partial charge >= 0.3 is 41.9 Å². The van der Waals surface area contributed by atoms with Crippen LogP contribution < -0.4 is 17.5 Å². The summed E-state index contributed by atoms with van der Waals surface area (Å²) < 4.78 is 0. The van der Waals surface area contributed by atoms with Gasteiger partial charge in [-0.2, -0.15) is 12.1 Å². The predicted molar refractivity (Wildman–Crippen MR) is 117 cm³/mol. The second kappa shape index (κ2) is 14.9. The summed E-state index contributed by atoms with van der Waals surface area (Å²) in [6.07, 6.45) is 0. The molecule has 0 heterocycles. The van der Waals surface area contributed by atoms with E-state index >= 15 is 0 Å². The molecule has 4 rings (SSSR count). The minimum Gasteiger partial charge on any atom is -1.00 e. The van der Waals surface area contributed by atoms with Crippen molar-refractivity contribution in [2.45, 2.75) is 33.9 Å². The zero-order valence-electron chi connectivity index (χ0n) is 17.4. The standard InChI is InChI=1S/2C10H9.C2H5O.C2H6Si.ClH.Zr/c2*1-8-6-9-4-2-3-5-10(9)7-8;1-2-3;1-3-2;;/h2*2-7H,1H3;2H2,1H3;1-2H3;1H;/q3*-1;;;+2/p-1. The van der Waals surface area contributed by atoms with Crippen LogP contribution in [0.15, 0.2) is 72.8 Å². The minimum atomic E-state index is 0. The van der Waals surface area contributed by atoms with Crippen LogP contribution in [0.2, 0.25) is 13.1 Å². The molecule has 0 unspecified atom stereocenters. The van der Waals surface area contributed by atoms with Crippen molar-refractivity contribution in [3.8, 4) is 0 Å². The Labute approximate surface area is 191 Å². The fraction of sp³-hybridized carbons (Fsp3) is 0.250. The number of halogens is 1. The summed E-state index contributed by atoms with van der Waals surface area (Å²) in [5.41, 5.74) is 2.91. The van der Waals surface area contributed by atoms with Crippen LogP contribution in [0.1, 0.15) is 18.1 Å². The molecule has 4 aromatic carbocycles. The van der Waals surface area contributed by atoms with Gasteiger partial charge in [0.2, 0.25) is 0 Å². The smallest absolute Gasteiger partial charge is 0.0579 e. The predicted octanol–water partition coefficient (Wildman–Crippen LogP) is 2.89. The molecule has 0 fully saturated rings. The van der Waals surface area contributed by atoms with E-state index in [4.69, 9.17) is 5.11 Å². The Balaban J connectivity index is 0.000000385. The van der Waals surface area contributed by atoms with Crippen molar-refractivity contribution in [3.05, 3.63) is 83.9 Å². The van der Waals surface area contributed by atoms with Gasteiger partial charge in [0.05, 0.1) is 0 Å². The molecular formula is C24H29ClOSiZr-2. The molecule has 4 heteroatoms. The molecule has 0 aromatic heterocycles. The molecule has 0 aliphatic heterocycles. The first-order valence-corrected chi connectivity index (χ1v) is 15.4. The Bertz CT molecular complexity index is 813. The summed E-state index contributed by atoms with van der Waals surface area (Å²) in [6, 6.07) is 25.7. The fourth-order valence-electron chi connectivity index (χ4n) is 2.61. The van der Waals surface area contributed by atoms with Crippen LogP contribution in [-0.2, 0) is 23.3 Å². The van der Waals surface area contributed by atoms with Crippen LogP contribution in [0.5, 0.6) is 0 Å². The molecule has 28 heavy (non-hydrogen) atoms. The summed E-state index contributed by atoms with van der Waals surface area (Å²) in [7, 11) is 0. The van der Waals surface area contributed by atoms with Crippen LogP contribution in [0.3, 0.4) is 0 Å². The molecule has 0 radical (unpaired) electrons. The summed E-state index contributed by atoms with van der Waals surface area (Å²) in [5.74, 6) is 0. The van der Waals surface area contributed by atoms with E-state index in [2.05, 4.69) is 99.7 Å². The van der Waals surface area contributed by atoms with Crippen molar-refractivity contribution in [2.24, 2.45) is 0 Å². The van der Waals surface area contributed by atoms with E-state index in [9.17, 15) is 0 Å². The molecular weight excluding hydrogens is 459 g/mol. The summed E-state index contributed by atoms with van der Waals surface area (Å²) in [6.45, 7) is 10.4. The van der Waals surface area contributed by atoms with Crippen molar-refractivity contribution in [1.29, 1.82) is 0 Å². The molecule has 0 bridgehead atoms. The first-order valence-electron chi connectivity index (χ1n) is 9.21. The largest absolute Gasteiger partial charge is 1.00 e. The maximum Gasteiger partial charge on any atom is -0.0579 e. The van der Waals surface area contributed by atoms with Crippen molar-refractivity contribution < 1.29 is 40.8 Å². The van der Waals surface area contributed by atoms with E-state index in [0.717, 1.165) is 0 Å². The molecule has 0 amide bonds. The summed E-state index contributed by atoms with van der Waals surface area (Å²) >= 11 is 1.74. The van der Waals surface area contributed by atoms with Gasteiger partial charge in [0.15, 0.2) is 0 Å². The molecule has 0 atom stereocenters. The van der Waals surface area contributed by atoms with Crippen LogP contribution in [0.25, 0.3) is 21.5 Å². The number of hydrogen-bond donors (Lipinski definition) is 0. The average Bonchev–Trinajstić information content (AvgIpc) is 3.15. The molecule has 0 aliphatic rings. The molecule has 0 spiro atoms. The second-order valence-corrected chi connectivity index (χ2v) is 16.0. The Morgan fingerprint density at radius 1 is 0.821 bits per heavy atom. The Morgan fingerprint density at radius 3 is 1.39 bits per heavy atom.